The predicted octanol–water partition coefficient (Wildman–Crippen LogP) is 3.11. The summed E-state index contributed by atoms with van der Waals surface area (Å²) in [4.78, 5) is 24.8. The van der Waals surface area contributed by atoms with Crippen molar-refractivity contribution in [1.29, 1.82) is 0 Å². The lowest BCUT2D eigenvalue weighted by atomic mass is 10.2. The lowest BCUT2D eigenvalue weighted by molar-refractivity contribution is -0.385. The number of allylic oxidation sites excluding steroid dienone is 1. The molecule has 8 heteroatoms. The molecule has 2 N–H and O–H groups in total. The third kappa shape index (κ3) is 4.13. The first kappa shape index (κ1) is 15.6. The Balaban J connectivity index is 1.95. The molecule has 1 aromatic heterocycles. The number of nitro groups is 1. The number of nitrogens with zero attached hydrogens (tertiary/aromatic N) is 2. The highest BCUT2D eigenvalue weighted by Gasteiger charge is 2.08. The van der Waals surface area contributed by atoms with Crippen molar-refractivity contribution in [2.45, 2.75) is 0 Å². The average Bonchev–Trinajstić information content (AvgIpc) is 2.93. The number of rotatable bonds is 5. The molecule has 0 saturated heterocycles. The van der Waals surface area contributed by atoms with E-state index in [9.17, 15) is 14.9 Å². The molecule has 0 bridgehead atoms. The second kappa shape index (κ2) is 7.32. The van der Waals surface area contributed by atoms with Crippen LogP contribution in [0.1, 0.15) is 16.1 Å². The molecule has 0 unspecified atom stereocenters. The molecule has 0 radical (unpaired) electrons. The zero-order chi connectivity index (χ0) is 15.9. The molecular formula is C14H11BrN4O3. The van der Waals surface area contributed by atoms with Gasteiger partial charge in [0, 0.05) is 23.0 Å². The highest BCUT2D eigenvalue weighted by atomic mass is 79.9. The van der Waals surface area contributed by atoms with Crippen LogP contribution in [0.2, 0.25) is 0 Å². The first-order valence-corrected chi connectivity index (χ1v) is 6.94. The van der Waals surface area contributed by atoms with E-state index in [1.165, 1.54) is 18.4 Å². The van der Waals surface area contributed by atoms with Crippen molar-refractivity contribution in [2.24, 2.45) is 5.10 Å². The number of hydrogen-bond donors (Lipinski definition) is 2. The van der Waals surface area contributed by atoms with Gasteiger partial charge in [0.1, 0.15) is 5.69 Å². The molecule has 0 atom stereocenters. The summed E-state index contributed by atoms with van der Waals surface area (Å²) in [6.07, 6.45) is 6.02. The van der Waals surface area contributed by atoms with Crippen LogP contribution in [0.15, 0.2) is 52.2 Å². The highest BCUT2D eigenvalue weighted by molar-refractivity contribution is 9.10. The van der Waals surface area contributed by atoms with Gasteiger partial charge in [-0.3, -0.25) is 14.9 Å². The summed E-state index contributed by atoms with van der Waals surface area (Å²) in [5, 5.41) is 14.6. The topological polar surface area (TPSA) is 100 Å². The minimum atomic E-state index is -0.457. The Morgan fingerprint density at radius 3 is 2.86 bits per heavy atom. The van der Waals surface area contributed by atoms with Crippen molar-refractivity contribution < 1.29 is 9.72 Å². The molecule has 0 aliphatic rings. The number of benzene rings is 1. The van der Waals surface area contributed by atoms with Crippen LogP contribution >= 0.6 is 15.9 Å². The fourth-order valence-electron chi connectivity index (χ4n) is 1.64. The number of aromatic amines is 1. The summed E-state index contributed by atoms with van der Waals surface area (Å²) in [6, 6.07) is 7.96. The smallest absolute Gasteiger partial charge is 0.287 e. The number of nitro benzene ring substituents is 1. The number of nitrogens with one attached hydrogen (secondary N) is 2. The number of hydrazone groups is 1. The van der Waals surface area contributed by atoms with Crippen molar-refractivity contribution in [3.63, 3.8) is 0 Å². The van der Waals surface area contributed by atoms with Crippen molar-refractivity contribution in [2.75, 3.05) is 0 Å². The lowest BCUT2D eigenvalue weighted by Crippen LogP contribution is -2.17. The molecule has 1 amide bonds. The Kier molecular flexibility index (Phi) is 5.21. The van der Waals surface area contributed by atoms with E-state index in [1.807, 2.05) is 0 Å². The lowest BCUT2D eigenvalue weighted by Gasteiger charge is -1.96. The number of halogens is 1. The number of aromatic nitrogens is 1. The number of para-hydroxylation sites is 1. The Morgan fingerprint density at radius 1 is 1.41 bits per heavy atom. The maximum atomic E-state index is 11.6. The SMILES string of the molecule is O=C(N/N=C\C=C\c1ccccc1[N+](=O)[O-])c1cc(Br)c[nH]1. The molecule has 0 saturated carbocycles. The average molecular weight is 363 g/mol. The second-order valence-corrected chi connectivity index (χ2v) is 5.04. The standard InChI is InChI=1S/C14H11BrN4O3/c15-11-8-12(16-9-11)14(20)18-17-7-3-5-10-4-1-2-6-13(10)19(21)22/h1-9,16H,(H,18,20)/b5-3+,17-7-. The molecule has 0 spiro atoms. The van der Waals surface area contributed by atoms with E-state index in [1.54, 1.807) is 36.5 Å². The minimum absolute atomic E-state index is 0.00687. The molecule has 0 aliphatic carbocycles. The molecule has 2 aromatic rings. The Labute approximate surface area is 134 Å². The molecule has 1 heterocycles. The van der Waals surface area contributed by atoms with Crippen LogP contribution in [-0.2, 0) is 0 Å². The van der Waals surface area contributed by atoms with Crippen molar-refractivity contribution >= 4 is 39.8 Å². The third-order valence-corrected chi connectivity index (χ3v) is 3.09. The van der Waals surface area contributed by atoms with Gasteiger partial charge in [0.15, 0.2) is 0 Å². The normalized spacial score (nSPS) is 11.1. The maximum Gasteiger partial charge on any atom is 0.287 e. The van der Waals surface area contributed by atoms with Crippen molar-refractivity contribution in [3.8, 4) is 0 Å². The fraction of sp³-hybridized carbons (Fsp3) is 0. The van der Waals surface area contributed by atoms with Gasteiger partial charge in [0.05, 0.1) is 10.5 Å². The van der Waals surface area contributed by atoms with Gasteiger partial charge in [0.25, 0.3) is 11.6 Å². The van der Waals surface area contributed by atoms with Crippen molar-refractivity contribution in [3.05, 3.63) is 68.4 Å². The van der Waals surface area contributed by atoms with Gasteiger partial charge in [-0.15, -0.1) is 0 Å². The highest BCUT2D eigenvalue weighted by Crippen LogP contribution is 2.18. The number of hydrogen-bond acceptors (Lipinski definition) is 4. The van der Waals surface area contributed by atoms with E-state index in [0.717, 1.165) is 4.47 Å². The second-order valence-electron chi connectivity index (χ2n) is 4.13. The van der Waals surface area contributed by atoms with E-state index in [4.69, 9.17) is 0 Å². The van der Waals surface area contributed by atoms with Crippen LogP contribution in [0.3, 0.4) is 0 Å². The van der Waals surface area contributed by atoms with Gasteiger partial charge in [0.2, 0.25) is 0 Å². The van der Waals surface area contributed by atoms with E-state index in [-0.39, 0.29) is 11.6 Å². The summed E-state index contributed by atoms with van der Waals surface area (Å²) in [7, 11) is 0. The Hall–Kier alpha value is -2.74. The zero-order valence-corrected chi connectivity index (χ0v) is 12.8. The van der Waals surface area contributed by atoms with Crippen LogP contribution < -0.4 is 5.43 Å². The number of carbonyl (C=O) groups is 1. The minimum Gasteiger partial charge on any atom is -0.356 e. The van der Waals surface area contributed by atoms with Gasteiger partial charge in [-0.25, -0.2) is 5.43 Å². The van der Waals surface area contributed by atoms with Gasteiger partial charge >= 0.3 is 0 Å². The summed E-state index contributed by atoms with van der Waals surface area (Å²) in [6.45, 7) is 0. The zero-order valence-electron chi connectivity index (χ0n) is 11.2. The first-order chi connectivity index (χ1) is 10.6. The van der Waals surface area contributed by atoms with Gasteiger partial charge in [-0.1, -0.05) is 12.1 Å². The molecular weight excluding hydrogens is 352 g/mol. The summed E-state index contributed by atoms with van der Waals surface area (Å²) in [5.41, 5.74) is 3.16. The van der Waals surface area contributed by atoms with Gasteiger partial charge in [-0.2, -0.15) is 5.10 Å². The monoisotopic (exact) mass is 362 g/mol. The van der Waals surface area contributed by atoms with Crippen LogP contribution in [0.4, 0.5) is 5.69 Å². The quantitative estimate of drug-likeness (QED) is 0.485. The van der Waals surface area contributed by atoms with Crippen molar-refractivity contribution in [1.82, 2.24) is 10.4 Å². The third-order valence-electron chi connectivity index (χ3n) is 2.63. The molecule has 0 fully saturated rings. The van der Waals surface area contributed by atoms with Crippen LogP contribution in [0.5, 0.6) is 0 Å². The largest absolute Gasteiger partial charge is 0.356 e. The van der Waals surface area contributed by atoms with E-state index < -0.39 is 4.92 Å². The molecule has 2 rings (SSSR count). The van der Waals surface area contributed by atoms with E-state index >= 15 is 0 Å². The number of H-pyrrole nitrogens is 1. The fourth-order valence-corrected chi connectivity index (χ4v) is 1.98. The summed E-state index contributed by atoms with van der Waals surface area (Å²) in [5.74, 6) is -0.388. The van der Waals surface area contributed by atoms with Gasteiger partial charge in [-0.05, 0) is 40.2 Å². The maximum absolute atomic E-state index is 11.6. The number of carbonyl (C=O) groups excluding carboxylic acids is 1. The molecule has 22 heavy (non-hydrogen) atoms. The summed E-state index contributed by atoms with van der Waals surface area (Å²) >= 11 is 3.22. The van der Waals surface area contributed by atoms with Gasteiger partial charge < -0.3 is 4.98 Å². The first-order valence-electron chi connectivity index (χ1n) is 6.15. The number of amides is 1. The Bertz CT molecular complexity index is 752. The summed E-state index contributed by atoms with van der Waals surface area (Å²) < 4.78 is 0.762. The van der Waals surface area contributed by atoms with Crippen LogP contribution in [-0.4, -0.2) is 22.0 Å². The van der Waals surface area contributed by atoms with Crippen LogP contribution in [0.25, 0.3) is 6.08 Å². The molecule has 1 aromatic carbocycles. The molecule has 112 valence electrons. The Morgan fingerprint density at radius 2 is 2.18 bits per heavy atom. The van der Waals surface area contributed by atoms with Crippen LogP contribution in [0, 0.1) is 10.1 Å². The molecule has 7 nitrogen and oxygen atoms in total. The predicted molar refractivity (Wildman–Crippen MR) is 86.6 cm³/mol. The molecule has 0 aliphatic heterocycles. The van der Waals surface area contributed by atoms with E-state index in [2.05, 4.69) is 31.4 Å². The van der Waals surface area contributed by atoms with E-state index in [0.29, 0.717) is 11.3 Å².